The average molecular weight is 536 g/mol. The fourth-order valence-corrected chi connectivity index (χ4v) is 4.26. The fourth-order valence-electron chi connectivity index (χ4n) is 3.80. The highest BCUT2D eigenvalue weighted by molar-refractivity contribution is 6.35. The number of aromatic nitrogens is 1. The summed E-state index contributed by atoms with van der Waals surface area (Å²) in [7, 11) is 0. The molecular weight excluding hydrogens is 521 g/mol. The Kier molecular flexibility index (Phi) is 6.97. The van der Waals surface area contributed by atoms with Crippen molar-refractivity contribution in [3.63, 3.8) is 0 Å². The van der Waals surface area contributed by atoms with E-state index in [4.69, 9.17) is 23.2 Å². The summed E-state index contributed by atoms with van der Waals surface area (Å²) in [5.41, 5.74) is -5.55. The number of benzene rings is 1. The summed E-state index contributed by atoms with van der Waals surface area (Å²) in [6.07, 6.45) is -9.96. The molecule has 0 aliphatic carbocycles. The standard InChI is InChI=1S/C20H15Cl2F8N3O/c1-9(34)31-6-10-7-32-14(5-11(10)19(25,26)27)33-3-2-18(8-33,20(28,29)30)12-4-13(21)17(24)15(22)16(12)23/h4-5,7H,2-3,6,8H2,1H3,(H,31,34). The van der Waals surface area contributed by atoms with Crippen molar-refractivity contribution in [1.29, 1.82) is 0 Å². The van der Waals surface area contributed by atoms with Gasteiger partial charge in [0.1, 0.15) is 22.1 Å². The van der Waals surface area contributed by atoms with Crippen LogP contribution in [0.3, 0.4) is 0 Å². The second-order valence-electron chi connectivity index (χ2n) is 7.71. The number of amides is 1. The Morgan fingerprint density at radius 3 is 2.35 bits per heavy atom. The van der Waals surface area contributed by atoms with Crippen LogP contribution < -0.4 is 10.2 Å². The first-order valence-electron chi connectivity index (χ1n) is 9.54. The highest BCUT2D eigenvalue weighted by Crippen LogP contribution is 2.51. The minimum absolute atomic E-state index is 0.393. The largest absolute Gasteiger partial charge is 0.416 e. The first-order valence-corrected chi connectivity index (χ1v) is 10.3. The van der Waals surface area contributed by atoms with Crippen LogP contribution in [0.2, 0.25) is 10.0 Å². The molecule has 1 amide bonds. The number of hydrogen-bond donors (Lipinski definition) is 1. The summed E-state index contributed by atoms with van der Waals surface area (Å²) in [5, 5.41) is 0.152. The van der Waals surface area contributed by atoms with E-state index in [0.29, 0.717) is 12.1 Å². The number of hydrogen-bond acceptors (Lipinski definition) is 3. The quantitative estimate of drug-likeness (QED) is 0.295. The van der Waals surface area contributed by atoms with Gasteiger partial charge in [-0.25, -0.2) is 13.8 Å². The molecule has 1 aliphatic rings. The number of carbonyl (C=O) groups is 1. The number of carbonyl (C=O) groups excluding carboxylic acids is 1. The maximum Gasteiger partial charge on any atom is 0.416 e. The number of pyridine rings is 1. The molecule has 34 heavy (non-hydrogen) atoms. The summed E-state index contributed by atoms with van der Waals surface area (Å²) < 4.78 is 112. The van der Waals surface area contributed by atoms with E-state index in [0.717, 1.165) is 18.0 Å². The topological polar surface area (TPSA) is 45.2 Å². The Labute approximate surface area is 197 Å². The van der Waals surface area contributed by atoms with Crippen LogP contribution in [0.5, 0.6) is 0 Å². The number of nitrogens with one attached hydrogen (secondary N) is 1. The molecule has 4 nitrogen and oxygen atoms in total. The Bertz CT molecular complexity index is 1120. The molecule has 0 radical (unpaired) electrons. The number of nitrogens with zero attached hydrogens (tertiary/aromatic N) is 2. The van der Waals surface area contributed by atoms with E-state index in [9.17, 15) is 39.9 Å². The molecule has 1 unspecified atom stereocenters. The summed E-state index contributed by atoms with van der Waals surface area (Å²) >= 11 is 11.1. The number of rotatable bonds is 4. The van der Waals surface area contributed by atoms with Crippen molar-refractivity contribution >= 4 is 34.9 Å². The van der Waals surface area contributed by atoms with Crippen LogP contribution in [0.15, 0.2) is 18.3 Å². The van der Waals surface area contributed by atoms with E-state index in [1.165, 1.54) is 0 Å². The Balaban J connectivity index is 2.06. The van der Waals surface area contributed by atoms with E-state index < -0.39 is 93.9 Å². The molecule has 1 fully saturated rings. The van der Waals surface area contributed by atoms with Gasteiger partial charge in [0.15, 0.2) is 5.82 Å². The van der Waals surface area contributed by atoms with Crippen molar-refractivity contribution in [3.05, 3.63) is 56.7 Å². The molecule has 2 heterocycles. The lowest BCUT2D eigenvalue weighted by Crippen LogP contribution is -2.45. The molecule has 1 aliphatic heterocycles. The van der Waals surface area contributed by atoms with E-state index in [1.54, 1.807) is 0 Å². The van der Waals surface area contributed by atoms with Crippen LogP contribution in [0.4, 0.5) is 40.9 Å². The van der Waals surface area contributed by atoms with Crippen molar-refractivity contribution in [2.24, 2.45) is 0 Å². The smallest absolute Gasteiger partial charge is 0.355 e. The van der Waals surface area contributed by atoms with Crippen molar-refractivity contribution in [3.8, 4) is 0 Å². The van der Waals surface area contributed by atoms with Crippen LogP contribution in [-0.4, -0.2) is 30.2 Å². The van der Waals surface area contributed by atoms with Crippen molar-refractivity contribution < 1.29 is 39.9 Å². The molecule has 1 aromatic carbocycles. The van der Waals surface area contributed by atoms with Gasteiger partial charge in [-0.05, 0) is 18.6 Å². The number of anilines is 1. The minimum Gasteiger partial charge on any atom is -0.355 e. The van der Waals surface area contributed by atoms with Gasteiger partial charge in [-0.1, -0.05) is 23.2 Å². The SMILES string of the molecule is CC(=O)NCc1cnc(N2CCC(c3cc(Cl)c(F)c(Cl)c3F)(C(F)(F)F)C2)cc1C(F)(F)F. The van der Waals surface area contributed by atoms with Crippen molar-refractivity contribution in [2.75, 3.05) is 18.0 Å². The maximum absolute atomic E-state index is 14.7. The predicted octanol–water partition coefficient (Wildman–Crippen LogP) is 6.03. The van der Waals surface area contributed by atoms with Crippen LogP contribution >= 0.6 is 23.2 Å². The normalized spacial score (nSPS) is 19.0. The minimum atomic E-state index is -5.09. The molecule has 186 valence electrons. The van der Waals surface area contributed by atoms with Gasteiger partial charge in [0.05, 0.1) is 10.6 Å². The predicted molar refractivity (Wildman–Crippen MR) is 108 cm³/mol. The third-order valence-electron chi connectivity index (χ3n) is 5.56. The second kappa shape index (κ2) is 9.03. The van der Waals surface area contributed by atoms with Crippen molar-refractivity contribution in [2.45, 2.75) is 37.7 Å². The lowest BCUT2D eigenvalue weighted by atomic mass is 9.78. The molecule has 14 heteroatoms. The van der Waals surface area contributed by atoms with E-state index in [2.05, 4.69) is 10.3 Å². The Hall–Kier alpha value is -2.34. The molecule has 1 atom stereocenters. The molecule has 0 bridgehead atoms. The van der Waals surface area contributed by atoms with Crippen LogP contribution in [0.25, 0.3) is 0 Å². The third kappa shape index (κ3) is 4.74. The number of halogens is 10. The third-order valence-corrected chi connectivity index (χ3v) is 6.17. The number of alkyl halides is 6. The summed E-state index contributed by atoms with van der Waals surface area (Å²) in [5.74, 6) is -4.12. The van der Waals surface area contributed by atoms with Gasteiger partial charge in [-0.15, -0.1) is 0 Å². The van der Waals surface area contributed by atoms with Crippen molar-refractivity contribution in [1.82, 2.24) is 10.3 Å². The Morgan fingerprint density at radius 2 is 1.79 bits per heavy atom. The lowest BCUT2D eigenvalue weighted by Gasteiger charge is -2.33. The summed E-state index contributed by atoms with van der Waals surface area (Å²) in [4.78, 5) is 15.8. The van der Waals surface area contributed by atoms with Gasteiger partial charge in [0, 0.05) is 43.9 Å². The molecule has 0 saturated carbocycles. The van der Waals surface area contributed by atoms with Gasteiger partial charge in [-0.2, -0.15) is 26.3 Å². The van der Waals surface area contributed by atoms with Gasteiger partial charge in [0.2, 0.25) is 5.91 Å². The Morgan fingerprint density at radius 1 is 1.15 bits per heavy atom. The molecule has 1 saturated heterocycles. The zero-order valence-corrected chi connectivity index (χ0v) is 18.7. The summed E-state index contributed by atoms with van der Waals surface area (Å²) in [6.45, 7) is -0.854. The van der Waals surface area contributed by atoms with E-state index in [1.807, 2.05) is 0 Å². The zero-order valence-electron chi connectivity index (χ0n) is 17.1. The second-order valence-corrected chi connectivity index (χ2v) is 8.49. The first-order chi connectivity index (χ1) is 15.6. The van der Waals surface area contributed by atoms with Gasteiger partial charge < -0.3 is 10.2 Å². The highest BCUT2D eigenvalue weighted by Gasteiger charge is 2.60. The highest BCUT2D eigenvalue weighted by atomic mass is 35.5. The van der Waals surface area contributed by atoms with Gasteiger partial charge in [-0.3, -0.25) is 4.79 Å². The summed E-state index contributed by atoms with van der Waals surface area (Å²) in [6, 6.07) is 1.05. The zero-order chi connectivity index (χ0) is 25.6. The molecule has 1 aromatic heterocycles. The molecule has 0 spiro atoms. The molecule has 1 N–H and O–H groups in total. The fraction of sp³-hybridized carbons (Fsp3) is 0.400. The maximum atomic E-state index is 14.7. The van der Waals surface area contributed by atoms with Crippen LogP contribution in [-0.2, 0) is 22.9 Å². The van der Waals surface area contributed by atoms with Crippen LogP contribution in [0, 0.1) is 11.6 Å². The first kappa shape index (κ1) is 26.3. The van der Waals surface area contributed by atoms with Gasteiger partial charge >= 0.3 is 12.4 Å². The lowest BCUT2D eigenvalue weighted by molar-refractivity contribution is -0.185. The van der Waals surface area contributed by atoms with Gasteiger partial charge in [0.25, 0.3) is 0 Å². The monoisotopic (exact) mass is 535 g/mol. The van der Waals surface area contributed by atoms with E-state index >= 15 is 0 Å². The average Bonchev–Trinajstić information content (AvgIpc) is 3.19. The molecule has 3 rings (SSSR count). The van der Waals surface area contributed by atoms with Crippen LogP contribution in [0.1, 0.15) is 30.0 Å². The molecular formula is C20H15Cl2F8N3O. The molecule has 2 aromatic rings. The van der Waals surface area contributed by atoms with E-state index in [-0.39, 0.29) is 0 Å².